The van der Waals surface area contributed by atoms with Crippen LogP contribution in [0.3, 0.4) is 0 Å². The molecule has 4 rings (SSSR count). The van der Waals surface area contributed by atoms with Gasteiger partial charge in [-0.15, -0.1) is 0 Å². The average molecular weight is 391 g/mol. The molecule has 0 spiro atoms. The van der Waals surface area contributed by atoms with Gasteiger partial charge in [0, 0.05) is 42.9 Å². The lowest BCUT2D eigenvalue weighted by atomic mass is 9.92. The first-order chi connectivity index (χ1) is 14.1. The van der Waals surface area contributed by atoms with Crippen LogP contribution in [-0.2, 0) is 11.3 Å². The van der Waals surface area contributed by atoms with E-state index < -0.39 is 0 Å². The van der Waals surface area contributed by atoms with Crippen LogP contribution >= 0.6 is 0 Å². The number of hydrogen-bond acceptors (Lipinski definition) is 4. The fourth-order valence-corrected chi connectivity index (χ4v) is 3.98. The second-order valence-electron chi connectivity index (χ2n) is 7.34. The minimum Gasteiger partial charge on any atom is -0.371 e. The number of anilines is 1. The van der Waals surface area contributed by atoms with E-state index in [-0.39, 0.29) is 23.1 Å². The number of benzene rings is 1. The smallest absolute Gasteiger partial charge is 0.253 e. The molecule has 5 nitrogen and oxygen atoms in total. The summed E-state index contributed by atoms with van der Waals surface area (Å²) in [7, 11) is 0. The summed E-state index contributed by atoms with van der Waals surface area (Å²) in [5, 5.41) is 0.891. The SMILES string of the molecule is C=CC(=O)C1CCN(c2cc(=O)n(Cc3ccc(F)cc3)c3ccncc23)CC1. The van der Waals surface area contributed by atoms with Gasteiger partial charge in [0.1, 0.15) is 5.82 Å². The van der Waals surface area contributed by atoms with Gasteiger partial charge in [0.15, 0.2) is 5.78 Å². The number of carbonyl (C=O) groups excluding carboxylic acids is 1. The Labute approximate surface area is 168 Å². The predicted molar refractivity (Wildman–Crippen MR) is 112 cm³/mol. The molecule has 1 saturated heterocycles. The Kier molecular flexibility index (Phi) is 5.25. The number of hydrogen-bond donors (Lipinski definition) is 0. The molecular weight excluding hydrogens is 369 g/mol. The van der Waals surface area contributed by atoms with Crippen LogP contribution < -0.4 is 10.5 Å². The molecule has 0 unspecified atom stereocenters. The molecule has 0 atom stereocenters. The molecule has 0 N–H and O–H groups in total. The lowest BCUT2D eigenvalue weighted by molar-refractivity contribution is -0.118. The molecular formula is C23H22FN3O2. The second-order valence-corrected chi connectivity index (χ2v) is 7.34. The van der Waals surface area contributed by atoms with Crippen LogP contribution in [0.2, 0.25) is 0 Å². The molecule has 1 fully saturated rings. The standard InChI is InChI=1S/C23H22FN3O2/c1-2-22(28)17-8-11-26(12-9-17)21-13-23(29)27(20-7-10-25-14-19(20)21)15-16-3-5-18(24)6-4-16/h2-7,10,13-14,17H,1,8-9,11-12,15H2. The van der Waals surface area contributed by atoms with E-state index in [0.29, 0.717) is 19.6 Å². The zero-order chi connectivity index (χ0) is 20.4. The summed E-state index contributed by atoms with van der Waals surface area (Å²) in [6.07, 6.45) is 6.32. The fourth-order valence-electron chi connectivity index (χ4n) is 3.98. The topological polar surface area (TPSA) is 55.2 Å². The van der Waals surface area contributed by atoms with E-state index in [4.69, 9.17) is 0 Å². The first-order valence-corrected chi connectivity index (χ1v) is 9.70. The van der Waals surface area contributed by atoms with Gasteiger partial charge >= 0.3 is 0 Å². The molecule has 0 amide bonds. The molecule has 148 valence electrons. The number of nitrogens with zero attached hydrogens (tertiary/aromatic N) is 3. The van der Waals surface area contributed by atoms with Gasteiger partial charge in [0.25, 0.3) is 5.56 Å². The molecule has 6 heteroatoms. The summed E-state index contributed by atoms with van der Waals surface area (Å²) in [5.41, 5.74) is 2.37. The van der Waals surface area contributed by atoms with Crippen LogP contribution in [0.1, 0.15) is 18.4 Å². The van der Waals surface area contributed by atoms with Crippen molar-refractivity contribution in [3.8, 4) is 0 Å². The first kappa shape index (κ1) is 19.1. The summed E-state index contributed by atoms with van der Waals surface area (Å²) in [5.74, 6) is -0.207. The van der Waals surface area contributed by atoms with Crippen LogP contribution in [0.25, 0.3) is 10.9 Å². The minimum absolute atomic E-state index is 0.00647. The van der Waals surface area contributed by atoms with Crippen molar-refractivity contribution in [2.75, 3.05) is 18.0 Å². The first-order valence-electron chi connectivity index (χ1n) is 9.70. The number of ketones is 1. The van der Waals surface area contributed by atoms with E-state index in [2.05, 4.69) is 16.5 Å². The van der Waals surface area contributed by atoms with Gasteiger partial charge in [-0.1, -0.05) is 18.7 Å². The lowest BCUT2D eigenvalue weighted by Gasteiger charge is -2.33. The molecule has 1 aromatic carbocycles. The number of rotatable bonds is 5. The zero-order valence-electron chi connectivity index (χ0n) is 16.1. The highest BCUT2D eigenvalue weighted by molar-refractivity contribution is 5.93. The Balaban J connectivity index is 1.69. The summed E-state index contributed by atoms with van der Waals surface area (Å²) < 4.78 is 14.9. The van der Waals surface area contributed by atoms with Crippen molar-refractivity contribution in [3.05, 3.63) is 83.2 Å². The highest BCUT2D eigenvalue weighted by atomic mass is 19.1. The molecule has 0 bridgehead atoms. The molecule has 1 aliphatic heterocycles. The normalized spacial score (nSPS) is 14.9. The zero-order valence-corrected chi connectivity index (χ0v) is 16.1. The molecule has 0 aliphatic carbocycles. The molecule has 3 aromatic rings. The highest BCUT2D eigenvalue weighted by Gasteiger charge is 2.25. The second kappa shape index (κ2) is 7.99. The maximum absolute atomic E-state index is 13.2. The number of piperidine rings is 1. The summed E-state index contributed by atoms with van der Waals surface area (Å²) >= 11 is 0. The van der Waals surface area contributed by atoms with Gasteiger partial charge in [-0.3, -0.25) is 14.6 Å². The van der Waals surface area contributed by atoms with Crippen LogP contribution in [0.5, 0.6) is 0 Å². The van der Waals surface area contributed by atoms with Crippen molar-refractivity contribution in [3.63, 3.8) is 0 Å². The number of allylic oxidation sites excluding steroid dienone is 1. The Bertz CT molecular complexity index is 1110. The Morgan fingerprint density at radius 1 is 1.21 bits per heavy atom. The van der Waals surface area contributed by atoms with Crippen molar-refractivity contribution in [1.82, 2.24) is 9.55 Å². The van der Waals surface area contributed by atoms with Crippen molar-refractivity contribution in [1.29, 1.82) is 0 Å². The molecule has 0 saturated carbocycles. The molecule has 29 heavy (non-hydrogen) atoms. The number of carbonyl (C=O) groups is 1. The number of fused-ring (bicyclic) bond motifs is 1. The van der Waals surface area contributed by atoms with E-state index in [1.165, 1.54) is 18.2 Å². The maximum Gasteiger partial charge on any atom is 0.253 e. The van der Waals surface area contributed by atoms with E-state index in [0.717, 1.165) is 35.0 Å². The fraction of sp³-hybridized carbons (Fsp3) is 0.261. The minimum atomic E-state index is -0.302. The van der Waals surface area contributed by atoms with Gasteiger partial charge in [-0.05, 0) is 42.7 Å². The van der Waals surface area contributed by atoms with Crippen molar-refractivity contribution >= 4 is 22.4 Å². The van der Waals surface area contributed by atoms with Gasteiger partial charge in [0.05, 0.1) is 17.7 Å². The molecule has 3 heterocycles. The third-order valence-electron chi connectivity index (χ3n) is 5.58. The molecule has 1 aliphatic rings. The van der Waals surface area contributed by atoms with Crippen LogP contribution in [-0.4, -0.2) is 28.4 Å². The van der Waals surface area contributed by atoms with E-state index in [9.17, 15) is 14.0 Å². The molecule has 2 aromatic heterocycles. The predicted octanol–water partition coefficient (Wildman–Crippen LogP) is 3.56. The van der Waals surface area contributed by atoms with E-state index >= 15 is 0 Å². The van der Waals surface area contributed by atoms with Crippen molar-refractivity contribution in [2.45, 2.75) is 19.4 Å². The Morgan fingerprint density at radius 3 is 2.62 bits per heavy atom. The van der Waals surface area contributed by atoms with E-state index in [1.807, 2.05) is 6.07 Å². The summed E-state index contributed by atoms with van der Waals surface area (Å²) in [6, 6.07) is 9.63. The third kappa shape index (κ3) is 3.83. The van der Waals surface area contributed by atoms with Gasteiger partial charge in [-0.2, -0.15) is 0 Å². The maximum atomic E-state index is 13.2. The third-order valence-corrected chi connectivity index (χ3v) is 5.58. The number of aromatic nitrogens is 2. The van der Waals surface area contributed by atoms with Gasteiger partial charge in [-0.25, -0.2) is 4.39 Å². The van der Waals surface area contributed by atoms with E-state index in [1.54, 1.807) is 35.2 Å². The van der Waals surface area contributed by atoms with Crippen molar-refractivity contribution in [2.24, 2.45) is 5.92 Å². The lowest BCUT2D eigenvalue weighted by Crippen LogP contribution is -2.37. The van der Waals surface area contributed by atoms with Gasteiger partial charge in [0.2, 0.25) is 0 Å². The quantitative estimate of drug-likeness (QED) is 0.624. The van der Waals surface area contributed by atoms with Gasteiger partial charge < -0.3 is 9.47 Å². The average Bonchev–Trinajstić information content (AvgIpc) is 2.76. The van der Waals surface area contributed by atoms with Crippen LogP contribution in [0.4, 0.5) is 10.1 Å². The van der Waals surface area contributed by atoms with Crippen LogP contribution in [0.15, 0.2) is 66.2 Å². The molecule has 0 radical (unpaired) electrons. The Hall–Kier alpha value is -3.28. The Morgan fingerprint density at radius 2 is 1.93 bits per heavy atom. The number of pyridine rings is 2. The monoisotopic (exact) mass is 391 g/mol. The highest BCUT2D eigenvalue weighted by Crippen LogP contribution is 2.29. The summed E-state index contributed by atoms with van der Waals surface area (Å²) in [4.78, 5) is 31.3. The largest absolute Gasteiger partial charge is 0.371 e. The summed E-state index contributed by atoms with van der Waals surface area (Å²) in [6.45, 7) is 5.34. The van der Waals surface area contributed by atoms with Crippen molar-refractivity contribution < 1.29 is 9.18 Å². The number of halogens is 1. The van der Waals surface area contributed by atoms with Crippen LogP contribution in [0, 0.1) is 11.7 Å².